The van der Waals surface area contributed by atoms with E-state index in [0.717, 1.165) is 28.8 Å². The molecule has 0 radical (unpaired) electrons. The van der Waals surface area contributed by atoms with Crippen LogP contribution in [-0.2, 0) is 11.2 Å². The maximum Gasteiger partial charge on any atom is 0.290 e. The average molecular weight is 407 g/mol. The number of hydrogen-bond acceptors (Lipinski definition) is 7. The summed E-state index contributed by atoms with van der Waals surface area (Å²) < 4.78 is 11.4. The second-order valence-electron chi connectivity index (χ2n) is 6.27. The third-order valence-electron chi connectivity index (χ3n) is 4.20. The van der Waals surface area contributed by atoms with E-state index < -0.39 is 5.91 Å². The monoisotopic (exact) mass is 407 g/mol. The van der Waals surface area contributed by atoms with E-state index in [-0.39, 0.29) is 5.24 Å². The molecule has 0 bridgehead atoms. The standard InChI is InChI=1S/C21H17N3O4S/c1-13-16(23-20(28-13)15-5-3-2-4-6-15)9-10-27-18-8-7-14(12-22-18)11-17-19(25)24-21(26)29-17/h2-8,11-12H,9-10H2,1H3,(H,24,25,26)/b17-11-. The van der Waals surface area contributed by atoms with Crippen LogP contribution in [-0.4, -0.2) is 27.7 Å². The Balaban J connectivity index is 1.34. The fourth-order valence-electron chi connectivity index (χ4n) is 2.75. The number of nitrogens with one attached hydrogen (secondary N) is 1. The lowest BCUT2D eigenvalue weighted by Crippen LogP contribution is -2.17. The molecule has 1 aliphatic heterocycles. The molecule has 1 fully saturated rings. The highest BCUT2D eigenvalue weighted by atomic mass is 32.2. The van der Waals surface area contributed by atoms with Crippen molar-refractivity contribution < 1.29 is 18.7 Å². The highest BCUT2D eigenvalue weighted by Crippen LogP contribution is 2.26. The summed E-state index contributed by atoms with van der Waals surface area (Å²) in [5.74, 6) is 1.44. The van der Waals surface area contributed by atoms with Crippen molar-refractivity contribution in [3.8, 4) is 17.3 Å². The van der Waals surface area contributed by atoms with Crippen molar-refractivity contribution >= 4 is 29.0 Å². The molecule has 4 rings (SSSR count). The maximum atomic E-state index is 11.6. The number of benzene rings is 1. The number of nitrogens with zero attached hydrogens (tertiary/aromatic N) is 2. The molecule has 0 spiro atoms. The first-order valence-corrected chi connectivity index (χ1v) is 9.75. The molecule has 1 saturated heterocycles. The van der Waals surface area contributed by atoms with Crippen molar-refractivity contribution in [3.63, 3.8) is 0 Å². The van der Waals surface area contributed by atoms with E-state index in [9.17, 15) is 9.59 Å². The summed E-state index contributed by atoms with van der Waals surface area (Å²) in [5, 5.41) is 1.85. The van der Waals surface area contributed by atoms with Crippen LogP contribution in [0.5, 0.6) is 5.88 Å². The molecule has 7 nitrogen and oxygen atoms in total. The molecule has 8 heteroatoms. The normalized spacial score (nSPS) is 15.0. The molecule has 1 aliphatic rings. The van der Waals surface area contributed by atoms with Gasteiger partial charge in [-0.15, -0.1) is 0 Å². The summed E-state index contributed by atoms with van der Waals surface area (Å²) in [6.45, 7) is 2.29. The van der Waals surface area contributed by atoms with Crippen LogP contribution in [0.1, 0.15) is 17.0 Å². The molecule has 0 unspecified atom stereocenters. The summed E-state index contributed by atoms with van der Waals surface area (Å²) in [6, 6.07) is 13.2. The number of carbonyl (C=O) groups is 2. The molecule has 0 atom stereocenters. The molecular formula is C21H17N3O4S. The van der Waals surface area contributed by atoms with Gasteiger partial charge in [0.15, 0.2) is 0 Å². The smallest absolute Gasteiger partial charge is 0.290 e. The van der Waals surface area contributed by atoms with Crippen LogP contribution in [0.4, 0.5) is 4.79 Å². The molecular weight excluding hydrogens is 390 g/mol. The number of hydrogen-bond donors (Lipinski definition) is 1. The fraction of sp³-hybridized carbons (Fsp3) is 0.143. The molecule has 2 aromatic heterocycles. The quantitative estimate of drug-likeness (QED) is 0.617. The number of oxazole rings is 1. The molecule has 3 aromatic rings. The van der Waals surface area contributed by atoms with Gasteiger partial charge in [-0.1, -0.05) is 18.2 Å². The number of carbonyl (C=O) groups excluding carboxylic acids is 2. The average Bonchev–Trinajstić information content (AvgIpc) is 3.25. The first-order chi connectivity index (χ1) is 14.1. The molecule has 1 N–H and O–H groups in total. The van der Waals surface area contributed by atoms with Gasteiger partial charge in [-0.25, -0.2) is 9.97 Å². The van der Waals surface area contributed by atoms with Crippen molar-refractivity contribution in [2.75, 3.05) is 6.61 Å². The summed E-state index contributed by atoms with van der Waals surface area (Å²) in [6.07, 6.45) is 3.80. The van der Waals surface area contributed by atoms with Gasteiger partial charge in [-0.05, 0) is 48.5 Å². The summed E-state index contributed by atoms with van der Waals surface area (Å²) in [5.41, 5.74) is 2.49. The highest BCUT2D eigenvalue weighted by Gasteiger charge is 2.24. The zero-order valence-corrected chi connectivity index (χ0v) is 16.4. The summed E-state index contributed by atoms with van der Waals surface area (Å²) in [4.78, 5) is 31.9. The Bertz CT molecular complexity index is 1080. The van der Waals surface area contributed by atoms with Crippen LogP contribution < -0.4 is 10.1 Å². The molecule has 1 aromatic carbocycles. The van der Waals surface area contributed by atoms with Gasteiger partial charge in [-0.3, -0.25) is 14.9 Å². The molecule has 146 valence electrons. The van der Waals surface area contributed by atoms with E-state index in [0.29, 0.717) is 35.3 Å². The van der Waals surface area contributed by atoms with E-state index in [1.807, 2.05) is 37.3 Å². The first kappa shape index (κ1) is 18.9. The van der Waals surface area contributed by atoms with Gasteiger partial charge in [0, 0.05) is 24.2 Å². The Morgan fingerprint density at radius 1 is 1.17 bits per heavy atom. The number of rotatable bonds is 6. The Morgan fingerprint density at radius 2 is 2.00 bits per heavy atom. The van der Waals surface area contributed by atoms with Crippen molar-refractivity contribution in [2.24, 2.45) is 0 Å². The van der Waals surface area contributed by atoms with Gasteiger partial charge in [0.1, 0.15) is 5.76 Å². The van der Waals surface area contributed by atoms with Gasteiger partial charge in [0.25, 0.3) is 11.1 Å². The van der Waals surface area contributed by atoms with Gasteiger partial charge >= 0.3 is 0 Å². The molecule has 29 heavy (non-hydrogen) atoms. The van der Waals surface area contributed by atoms with E-state index in [4.69, 9.17) is 9.15 Å². The number of ether oxygens (including phenoxy) is 1. The minimum atomic E-state index is -0.391. The van der Waals surface area contributed by atoms with Crippen LogP contribution in [0.3, 0.4) is 0 Å². The topological polar surface area (TPSA) is 94.3 Å². The van der Waals surface area contributed by atoms with Gasteiger partial charge in [-0.2, -0.15) is 0 Å². The Hall–Kier alpha value is -3.39. The minimum absolute atomic E-state index is 0.348. The zero-order valence-electron chi connectivity index (χ0n) is 15.5. The number of aryl methyl sites for hydroxylation is 1. The fourth-order valence-corrected chi connectivity index (χ4v) is 3.43. The number of pyridine rings is 1. The predicted octanol–water partition coefficient (Wildman–Crippen LogP) is 3.99. The molecule has 3 heterocycles. The van der Waals surface area contributed by atoms with Gasteiger partial charge in [0.2, 0.25) is 11.8 Å². The second kappa shape index (κ2) is 8.32. The summed E-state index contributed by atoms with van der Waals surface area (Å²) in [7, 11) is 0. The Labute approximate surface area is 171 Å². The lowest BCUT2D eigenvalue weighted by molar-refractivity contribution is -0.115. The van der Waals surface area contributed by atoms with Crippen LogP contribution in [0.15, 0.2) is 58.0 Å². The largest absolute Gasteiger partial charge is 0.477 e. The third kappa shape index (κ3) is 4.55. The number of thioether (sulfide) groups is 1. The van der Waals surface area contributed by atoms with E-state index in [1.54, 1.807) is 24.4 Å². The lowest BCUT2D eigenvalue weighted by atomic mass is 10.2. The van der Waals surface area contributed by atoms with Gasteiger partial charge in [0.05, 0.1) is 17.2 Å². The summed E-state index contributed by atoms with van der Waals surface area (Å²) >= 11 is 0.873. The first-order valence-electron chi connectivity index (χ1n) is 8.94. The second-order valence-corrected chi connectivity index (χ2v) is 7.28. The zero-order chi connectivity index (χ0) is 20.2. The van der Waals surface area contributed by atoms with Crippen LogP contribution in [0.25, 0.3) is 17.5 Å². The minimum Gasteiger partial charge on any atom is -0.477 e. The van der Waals surface area contributed by atoms with E-state index >= 15 is 0 Å². The van der Waals surface area contributed by atoms with E-state index in [2.05, 4.69) is 15.3 Å². The van der Waals surface area contributed by atoms with Gasteiger partial charge < -0.3 is 9.15 Å². The number of imide groups is 1. The van der Waals surface area contributed by atoms with Crippen molar-refractivity contribution in [3.05, 3.63) is 70.6 Å². The van der Waals surface area contributed by atoms with Crippen LogP contribution in [0, 0.1) is 6.92 Å². The lowest BCUT2D eigenvalue weighted by Gasteiger charge is -2.04. The van der Waals surface area contributed by atoms with Crippen LogP contribution in [0.2, 0.25) is 0 Å². The molecule has 2 amide bonds. The maximum absolute atomic E-state index is 11.6. The van der Waals surface area contributed by atoms with Crippen molar-refractivity contribution in [1.29, 1.82) is 0 Å². The predicted molar refractivity (Wildman–Crippen MR) is 109 cm³/mol. The van der Waals surface area contributed by atoms with E-state index in [1.165, 1.54) is 0 Å². The third-order valence-corrected chi connectivity index (χ3v) is 5.01. The number of amides is 2. The van der Waals surface area contributed by atoms with Crippen LogP contribution >= 0.6 is 11.8 Å². The highest BCUT2D eigenvalue weighted by molar-refractivity contribution is 8.18. The Kier molecular flexibility index (Phi) is 5.44. The van der Waals surface area contributed by atoms with Crippen molar-refractivity contribution in [1.82, 2.24) is 15.3 Å². The molecule has 0 saturated carbocycles. The SMILES string of the molecule is Cc1oc(-c2ccccc2)nc1CCOc1ccc(/C=C2\SC(=O)NC2=O)cn1. The Morgan fingerprint density at radius 3 is 2.69 bits per heavy atom. The molecule has 0 aliphatic carbocycles. The number of aromatic nitrogens is 2. The van der Waals surface area contributed by atoms with Crippen molar-refractivity contribution in [2.45, 2.75) is 13.3 Å².